The topological polar surface area (TPSA) is 56.7 Å². The van der Waals surface area contributed by atoms with Gasteiger partial charge >= 0.3 is 0 Å². The largest absolute Gasteiger partial charge is 0.357 e. The second-order valence-electron chi connectivity index (χ2n) is 6.15. The maximum atomic E-state index is 13.6. The van der Waals surface area contributed by atoms with E-state index in [4.69, 9.17) is 4.99 Å². The third-order valence-electron chi connectivity index (χ3n) is 4.39. The summed E-state index contributed by atoms with van der Waals surface area (Å²) in [5.41, 5.74) is 0.911. The third-order valence-corrected chi connectivity index (χ3v) is 5.23. The lowest BCUT2D eigenvalue weighted by Gasteiger charge is -2.36. The molecule has 0 saturated carbocycles. The molecule has 0 amide bonds. The highest BCUT2D eigenvalue weighted by molar-refractivity contribution is 14.0. The van der Waals surface area contributed by atoms with Crippen molar-refractivity contribution in [1.82, 2.24) is 20.2 Å². The fourth-order valence-electron chi connectivity index (χ4n) is 3.03. The Bertz CT molecular complexity index is 768. The molecule has 0 bridgehead atoms. The zero-order valence-electron chi connectivity index (χ0n) is 16.1. The average molecular weight is 516 g/mol. The molecule has 2 heterocycles. The number of halogens is 2. The number of thioether (sulfide) groups is 1. The number of aromatic nitrogens is 2. The van der Waals surface area contributed by atoms with Crippen LogP contribution in [0.3, 0.4) is 0 Å². The van der Waals surface area contributed by atoms with Crippen molar-refractivity contribution in [2.24, 2.45) is 4.99 Å². The van der Waals surface area contributed by atoms with Gasteiger partial charge in [0.2, 0.25) is 5.95 Å². The van der Waals surface area contributed by atoms with Gasteiger partial charge in [0.25, 0.3) is 0 Å². The van der Waals surface area contributed by atoms with Crippen LogP contribution in [0, 0.1) is 5.82 Å². The molecule has 28 heavy (non-hydrogen) atoms. The quantitative estimate of drug-likeness (QED) is 0.285. The fraction of sp³-hybridized carbons (Fsp3) is 0.421. The van der Waals surface area contributed by atoms with E-state index in [1.54, 1.807) is 30.2 Å². The number of anilines is 1. The lowest BCUT2D eigenvalue weighted by Crippen LogP contribution is -2.53. The van der Waals surface area contributed by atoms with Gasteiger partial charge in [0.1, 0.15) is 5.82 Å². The minimum absolute atomic E-state index is 0. The Balaban J connectivity index is 0.00000280. The first-order chi connectivity index (χ1) is 13.2. The number of benzene rings is 1. The molecule has 0 unspecified atom stereocenters. The maximum Gasteiger partial charge on any atom is 0.225 e. The van der Waals surface area contributed by atoms with Crippen molar-refractivity contribution in [3.63, 3.8) is 0 Å². The summed E-state index contributed by atoms with van der Waals surface area (Å²) in [6, 6.07) is 6.71. The first kappa shape index (κ1) is 22.7. The molecule has 0 atom stereocenters. The normalized spacial score (nSPS) is 14.6. The lowest BCUT2D eigenvalue weighted by molar-refractivity contribution is 0.370. The monoisotopic (exact) mass is 516 g/mol. The number of nitrogens with one attached hydrogen (secondary N) is 1. The number of hydrogen-bond donors (Lipinski definition) is 1. The van der Waals surface area contributed by atoms with Gasteiger partial charge in [-0.25, -0.2) is 19.4 Å². The van der Waals surface area contributed by atoms with Crippen molar-refractivity contribution in [2.45, 2.75) is 18.4 Å². The molecule has 9 heteroatoms. The van der Waals surface area contributed by atoms with Crippen molar-refractivity contribution in [3.05, 3.63) is 48.0 Å². The standard InChI is InChI=1S/C19H25FN6S.HI/c1-3-21-18(24-14-15-13-16(20)5-6-17(15)27-2)25-9-11-26(12-10-25)19-22-7-4-8-23-19;/h4-8,13H,3,9-12,14H2,1-2H3,(H,21,24);1H. The van der Waals surface area contributed by atoms with Gasteiger partial charge in [-0.1, -0.05) is 0 Å². The molecule has 1 aliphatic rings. The third kappa shape index (κ3) is 5.94. The highest BCUT2D eigenvalue weighted by Crippen LogP contribution is 2.22. The summed E-state index contributed by atoms with van der Waals surface area (Å²) in [5, 5.41) is 3.35. The first-order valence-corrected chi connectivity index (χ1v) is 10.3. The fourth-order valence-corrected chi connectivity index (χ4v) is 3.62. The average Bonchev–Trinajstić information content (AvgIpc) is 2.72. The van der Waals surface area contributed by atoms with Gasteiger partial charge in [-0.05, 0) is 43.0 Å². The van der Waals surface area contributed by atoms with Crippen LogP contribution in [-0.2, 0) is 6.54 Å². The van der Waals surface area contributed by atoms with Crippen LogP contribution in [0.25, 0.3) is 0 Å². The predicted molar refractivity (Wildman–Crippen MR) is 124 cm³/mol. The highest BCUT2D eigenvalue weighted by atomic mass is 127. The molecule has 1 saturated heterocycles. The van der Waals surface area contributed by atoms with E-state index in [2.05, 4.69) is 32.0 Å². The van der Waals surface area contributed by atoms with Gasteiger partial charge < -0.3 is 15.1 Å². The van der Waals surface area contributed by atoms with Crippen molar-refractivity contribution in [2.75, 3.05) is 43.9 Å². The predicted octanol–water partition coefficient (Wildman–Crippen LogP) is 3.24. The van der Waals surface area contributed by atoms with Crippen molar-refractivity contribution >= 4 is 47.6 Å². The second kappa shape index (κ2) is 11.4. The van der Waals surface area contributed by atoms with E-state index in [9.17, 15) is 4.39 Å². The Hall–Kier alpha value is -1.62. The Morgan fingerprint density at radius 3 is 2.57 bits per heavy atom. The molecule has 1 aromatic carbocycles. The highest BCUT2D eigenvalue weighted by Gasteiger charge is 2.21. The number of guanidine groups is 1. The van der Waals surface area contributed by atoms with Gasteiger partial charge in [0.15, 0.2) is 5.96 Å². The number of nitrogens with zero attached hydrogens (tertiary/aromatic N) is 5. The number of aliphatic imine (C=N–C) groups is 1. The van der Waals surface area contributed by atoms with E-state index in [0.717, 1.165) is 55.1 Å². The Kier molecular flexibility index (Phi) is 9.23. The molecule has 0 spiro atoms. The van der Waals surface area contributed by atoms with E-state index in [-0.39, 0.29) is 29.8 Å². The van der Waals surface area contributed by atoms with Crippen molar-refractivity contribution < 1.29 is 4.39 Å². The number of hydrogen-bond acceptors (Lipinski definition) is 5. The lowest BCUT2D eigenvalue weighted by atomic mass is 10.2. The van der Waals surface area contributed by atoms with Crippen molar-refractivity contribution in [3.8, 4) is 0 Å². The van der Waals surface area contributed by atoms with Gasteiger partial charge in [-0.2, -0.15) is 0 Å². The Morgan fingerprint density at radius 2 is 1.93 bits per heavy atom. The summed E-state index contributed by atoms with van der Waals surface area (Å²) >= 11 is 1.61. The molecule has 152 valence electrons. The summed E-state index contributed by atoms with van der Waals surface area (Å²) in [5.74, 6) is 1.41. The minimum Gasteiger partial charge on any atom is -0.357 e. The smallest absolute Gasteiger partial charge is 0.225 e. The van der Waals surface area contributed by atoms with Gasteiger partial charge in [0.05, 0.1) is 6.54 Å². The summed E-state index contributed by atoms with van der Waals surface area (Å²) in [7, 11) is 0. The van der Waals surface area contributed by atoms with E-state index in [1.165, 1.54) is 6.07 Å². The van der Waals surface area contributed by atoms with Crippen molar-refractivity contribution in [1.29, 1.82) is 0 Å². The van der Waals surface area contributed by atoms with E-state index >= 15 is 0 Å². The Morgan fingerprint density at radius 1 is 1.21 bits per heavy atom. The summed E-state index contributed by atoms with van der Waals surface area (Å²) in [4.78, 5) is 18.9. The van der Waals surface area contributed by atoms with Crippen LogP contribution in [0.4, 0.5) is 10.3 Å². The van der Waals surface area contributed by atoms with Gasteiger partial charge in [0, 0.05) is 50.0 Å². The molecular weight excluding hydrogens is 490 g/mol. The zero-order chi connectivity index (χ0) is 19.1. The maximum absolute atomic E-state index is 13.6. The Labute approximate surface area is 187 Å². The zero-order valence-corrected chi connectivity index (χ0v) is 19.3. The second-order valence-corrected chi connectivity index (χ2v) is 7.00. The van der Waals surface area contributed by atoms with Crippen LogP contribution in [0.2, 0.25) is 0 Å². The molecule has 3 rings (SSSR count). The van der Waals surface area contributed by atoms with Crippen LogP contribution < -0.4 is 10.2 Å². The number of rotatable bonds is 5. The molecular formula is C19H26FIN6S. The van der Waals surface area contributed by atoms with Crippen LogP contribution in [0.5, 0.6) is 0 Å². The van der Waals surface area contributed by atoms with Crippen LogP contribution >= 0.6 is 35.7 Å². The molecule has 1 aromatic heterocycles. The first-order valence-electron chi connectivity index (χ1n) is 9.09. The van der Waals surface area contributed by atoms with Crippen LogP contribution in [0.15, 0.2) is 46.5 Å². The summed E-state index contributed by atoms with van der Waals surface area (Å²) in [6.45, 7) is 6.65. The molecule has 2 aromatic rings. The summed E-state index contributed by atoms with van der Waals surface area (Å²) in [6.07, 6.45) is 5.53. The van der Waals surface area contributed by atoms with E-state index in [1.807, 2.05) is 18.4 Å². The van der Waals surface area contributed by atoms with Crippen LogP contribution in [0.1, 0.15) is 12.5 Å². The van der Waals surface area contributed by atoms with E-state index in [0.29, 0.717) is 6.54 Å². The molecule has 0 aliphatic carbocycles. The summed E-state index contributed by atoms with van der Waals surface area (Å²) < 4.78 is 13.6. The van der Waals surface area contributed by atoms with Gasteiger partial charge in [-0.3, -0.25) is 0 Å². The molecule has 1 fully saturated rings. The molecule has 1 aliphatic heterocycles. The molecule has 1 N–H and O–H groups in total. The molecule has 6 nitrogen and oxygen atoms in total. The van der Waals surface area contributed by atoms with E-state index < -0.39 is 0 Å². The SMILES string of the molecule is CCNC(=NCc1cc(F)ccc1SC)N1CCN(c2ncccn2)CC1.I. The van der Waals surface area contributed by atoms with Gasteiger partial charge in [-0.15, -0.1) is 35.7 Å². The number of piperazine rings is 1. The van der Waals surface area contributed by atoms with Crippen LogP contribution in [-0.4, -0.2) is 59.8 Å². The minimum atomic E-state index is -0.223. The molecule has 0 radical (unpaired) electrons.